The topological polar surface area (TPSA) is 101 Å². The molecule has 8 rings (SSSR count). The van der Waals surface area contributed by atoms with Crippen molar-refractivity contribution in [3.05, 3.63) is 75.4 Å². The average Bonchev–Trinajstić information content (AvgIpc) is 3.93. The van der Waals surface area contributed by atoms with Crippen LogP contribution in [0.3, 0.4) is 0 Å². The van der Waals surface area contributed by atoms with Gasteiger partial charge in [-0.2, -0.15) is 0 Å². The molecule has 45 heavy (non-hydrogen) atoms. The number of anilines is 1. The minimum absolute atomic E-state index is 0.0261. The largest absolute Gasteiger partial charge is 0.371 e. The maximum Gasteiger partial charge on any atom is 0.281 e. The number of carbonyl (C=O) groups is 1. The number of allylic oxidation sites excluding steroid dienone is 2. The van der Waals surface area contributed by atoms with Gasteiger partial charge >= 0.3 is 0 Å². The number of piperidine rings is 1. The van der Waals surface area contributed by atoms with E-state index in [2.05, 4.69) is 48.8 Å². The number of hydrogen-bond donors (Lipinski definition) is 1. The molecule has 3 aromatic heterocycles. The molecule has 2 saturated carbocycles. The molecular weight excluding hydrogens is 629 g/mol. The molecule has 3 fully saturated rings. The highest BCUT2D eigenvalue weighted by atomic mass is 35.5. The zero-order valence-electron chi connectivity index (χ0n) is 24.9. The Hall–Kier alpha value is -3.40. The number of nitrogens with zero attached hydrogens (tertiary/aromatic N) is 4. The van der Waals surface area contributed by atoms with Gasteiger partial charge in [-0.25, -0.2) is 9.19 Å². The molecule has 4 aromatic rings. The summed E-state index contributed by atoms with van der Waals surface area (Å²) in [6.45, 7) is 3.87. The molecule has 1 aliphatic heterocycles. The van der Waals surface area contributed by atoms with Crippen molar-refractivity contribution in [2.45, 2.75) is 63.0 Å². The van der Waals surface area contributed by atoms with Crippen molar-refractivity contribution in [3.63, 3.8) is 0 Å². The smallest absolute Gasteiger partial charge is 0.281 e. The summed E-state index contributed by atoms with van der Waals surface area (Å²) in [5.41, 5.74) is 7.01. The van der Waals surface area contributed by atoms with Crippen LogP contribution in [0.4, 0.5) is 5.69 Å². The first-order chi connectivity index (χ1) is 21.6. The van der Waals surface area contributed by atoms with Crippen molar-refractivity contribution in [1.82, 2.24) is 19.8 Å². The molecular formula is C34H33Cl2N5O3S. The van der Waals surface area contributed by atoms with Crippen LogP contribution in [0.25, 0.3) is 27.7 Å². The molecule has 1 atom stereocenters. The SMILES string of the molecule is C=S(=O)(NC(=O)c1cc(C)c2cc(N3CCC4(C=C(c5c(-c6c(Cl)cncc6Cl)noc5C5CC5)C4)CC3)ccc2n1)C1CC1. The fourth-order valence-corrected chi connectivity index (χ4v) is 8.92. The van der Waals surface area contributed by atoms with Crippen LogP contribution in [-0.2, 0) is 9.71 Å². The van der Waals surface area contributed by atoms with Gasteiger partial charge in [-0.1, -0.05) is 34.4 Å². The Kier molecular flexibility index (Phi) is 6.82. The van der Waals surface area contributed by atoms with Crippen molar-refractivity contribution < 1.29 is 13.5 Å². The maximum absolute atomic E-state index is 12.8. The van der Waals surface area contributed by atoms with E-state index in [0.717, 1.165) is 97.2 Å². The molecule has 0 radical (unpaired) electrons. The van der Waals surface area contributed by atoms with E-state index >= 15 is 0 Å². The number of benzene rings is 1. The van der Waals surface area contributed by atoms with Crippen molar-refractivity contribution in [2.24, 2.45) is 5.41 Å². The van der Waals surface area contributed by atoms with E-state index in [1.165, 1.54) is 5.57 Å². The molecule has 232 valence electrons. The number of halogens is 2. The highest BCUT2D eigenvalue weighted by Crippen LogP contribution is 2.56. The van der Waals surface area contributed by atoms with Crippen LogP contribution in [0.2, 0.25) is 10.0 Å². The third kappa shape index (κ3) is 5.22. The second kappa shape index (κ2) is 10.6. The quantitative estimate of drug-likeness (QED) is 0.206. The van der Waals surface area contributed by atoms with E-state index in [0.29, 0.717) is 21.5 Å². The summed E-state index contributed by atoms with van der Waals surface area (Å²) in [6.07, 6.45) is 12.6. The molecule has 1 amide bonds. The Morgan fingerprint density at radius 2 is 1.80 bits per heavy atom. The van der Waals surface area contributed by atoms with E-state index in [-0.39, 0.29) is 16.4 Å². The molecule has 8 nitrogen and oxygen atoms in total. The predicted octanol–water partition coefficient (Wildman–Crippen LogP) is 7.37. The minimum Gasteiger partial charge on any atom is -0.371 e. The number of amides is 1. The molecule has 1 unspecified atom stereocenters. The van der Waals surface area contributed by atoms with Crippen LogP contribution in [-0.4, -0.2) is 49.5 Å². The fourth-order valence-electron chi connectivity index (χ4n) is 6.89. The summed E-state index contributed by atoms with van der Waals surface area (Å²) in [7, 11) is -2.64. The predicted molar refractivity (Wildman–Crippen MR) is 180 cm³/mol. The van der Waals surface area contributed by atoms with Gasteiger partial charge in [-0.15, -0.1) is 0 Å². The summed E-state index contributed by atoms with van der Waals surface area (Å²) in [5.74, 6) is 4.69. The molecule has 4 aliphatic rings. The molecule has 4 heterocycles. The maximum atomic E-state index is 12.8. The van der Waals surface area contributed by atoms with E-state index in [4.69, 9.17) is 27.7 Å². The van der Waals surface area contributed by atoms with E-state index in [9.17, 15) is 9.00 Å². The third-order valence-electron chi connectivity index (χ3n) is 9.79. The molecule has 1 N–H and O–H groups in total. The van der Waals surface area contributed by atoms with Gasteiger partial charge in [-0.3, -0.25) is 14.5 Å². The highest BCUT2D eigenvalue weighted by Gasteiger charge is 2.44. The summed E-state index contributed by atoms with van der Waals surface area (Å²) in [4.78, 5) is 24.0. The van der Waals surface area contributed by atoms with Gasteiger partial charge in [0.05, 0.1) is 25.3 Å². The van der Waals surface area contributed by atoms with E-state index < -0.39 is 15.6 Å². The summed E-state index contributed by atoms with van der Waals surface area (Å²) >= 11 is 13.1. The van der Waals surface area contributed by atoms with Gasteiger partial charge in [0.2, 0.25) is 0 Å². The van der Waals surface area contributed by atoms with E-state index in [1.807, 2.05) is 13.0 Å². The fraction of sp³-hybridized carbons (Fsp3) is 0.382. The van der Waals surface area contributed by atoms with Crippen molar-refractivity contribution in [2.75, 3.05) is 18.0 Å². The lowest BCUT2D eigenvalue weighted by atomic mass is 9.63. The summed E-state index contributed by atoms with van der Waals surface area (Å²) in [6, 6.07) is 8.00. The van der Waals surface area contributed by atoms with Crippen LogP contribution < -0.4 is 9.62 Å². The molecule has 1 spiro atoms. The number of aryl methyl sites for hydroxylation is 1. The van der Waals surface area contributed by atoms with Gasteiger partial charge in [0.15, 0.2) is 0 Å². The van der Waals surface area contributed by atoms with Gasteiger partial charge in [0, 0.05) is 58.9 Å². The number of pyridine rings is 2. The first kappa shape index (κ1) is 29.0. The van der Waals surface area contributed by atoms with Gasteiger partial charge in [0.1, 0.15) is 17.1 Å². The second-order valence-corrected chi connectivity index (χ2v) is 16.2. The molecule has 0 bridgehead atoms. The monoisotopic (exact) mass is 661 g/mol. The van der Waals surface area contributed by atoms with Crippen LogP contribution >= 0.6 is 23.2 Å². The minimum atomic E-state index is -2.64. The number of nitrogens with one attached hydrogen (secondary N) is 1. The lowest BCUT2D eigenvalue weighted by Crippen LogP contribution is -2.42. The first-order valence-corrected chi connectivity index (χ1v) is 18.0. The first-order valence-electron chi connectivity index (χ1n) is 15.5. The van der Waals surface area contributed by atoms with Crippen molar-refractivity contribution >= 4 is 66.9 Å². The standard InChI is InChI=1S/C34H33Cl2N5O3S/c1-19-13-28(33(42)40-45(2,43)23-6-7-23)38-27-8-5-22(14-24(19)27)41-11-9-34(10-12-41)15-21(16-34)29-31(39-44-32(29)20-3-4-20)30-25(35)17-37-18-26(30)36/h5,8,13-15,17-18,20,23H,2-4,6-7,9-12,16H2,1H3,(H,40,42,43). The highest BCUT2D eigenvalue weighted by molar-refractivity contribution is 7.99. The van der Waals surface area contributed by atoms with Gasteiger partial charge in [-0.05, 0) is 98.6 Å². The molecule has 3 aliphatic carbocycles. The zero-order valence-corrected chi connectivity index (χ0v) is 27.3. The molecule has 1 aromatic carbocycles. The second-order valence-electron chi connectivity index (χ2n) is 13.1. The normalized spacial score (nSPS) is 20.5. The number of rotatable bonds is 7. The van der Waals surface area contributed by atoms with Gasteiger partial charge < -0.3 is 9.42 Å². The van der Waals surface area contributed by atoms with Crippen LogP contribution in [0, 0.1) is 12.3 Å². The number of hydrogen-bond acceptors (Lipinski definition) is 7. The molecule has 11 heteroatoms. The van der Waals surface area contributed by atoms with Crippen LogP contribution in [0.5, 0.6) is 0 Å². The number of fused-ring (bicyclic) bond motifs is 1. The van der Waals surface area contributed by atoms with Crippen LogP contribution in [0.1, 0.15) is 78.2 Å². The van der Waals surface area contributed by atoms with Crippen LogP contribution in [0.15, 0.2) is 47.3 Å². The average molecular weight is 663 g/mol. The summed E-state index contributed by atoms with van der Waals surface area (Å²) in [5, 5.41) is 6.39. The Bertz CT molecular complexity index is 2000. The summed E-state index contributed by atoms with van der Waals surface area (Å²) < 4.78 is 21.2. The number of carbonyl (C=O) groups excluding carboxylic acids is 1. The molecule has 1 saturated heterocycles. The Labute approximate surface area is 272 Å². The van der Waals surface area contributed by atoms with Crippen molar-refractivity contribution in [3.8, 4) is 11.3 Å². The lowest BCUT2D eigenvalue weighted by Gasteiger charge is -2.47. The Morgan fingerprint density at radius 3 is 2.47 bits per heavy atom. The Morgan fingerprint density at radius 1 is 1.09 bits per heavy atom. The lowest BCUT2D eigenvalue weighted by molar-refractivity contribution is 0.0978. The number of aromatic nitrogens is 3. The van der Waals surface area contributed by atoms with Crippen molar-refractivity contribution in [1.29, 1.82) is 0 Å². The van der Waals surface area contributed by atoms with Gasteiger partial charge in [0.25, 0.3) is 5.91 Å². The third-order valence-corrected chi connectivity index (χ3v) is 12.4. The zero-order chi connectivity index (χ0) is 31.1. The van der Waals surface area contributed by atoms with E-state index in [1.54, 1.807) is 18.5 Å². The Balaban J connectivity index is 0.999.